The Balaban J connectivity index is 1.90. The van der Waals surface area contributed by atoms with Crippen molar-refractivity contribution < 1.29 is 4.74 Å². The number of methoxy groups -OCH3 is 1. The summed E-state index contributed by atoms with van der Waals surface area (Å²) in [7, 11) is 1.71. The number of halogens is 2. The molecule has 1 heterocycles. The van der Waals surface area contributed by atoms with Crippen molar-refractivity contribution in [2.75, 3.05) is 25.6 Å². The highest BCUT2D eigenvalue weighted by Gasteiger charge is 2.05. The monoisotopic (exact) mass is 327 g/mol. The Morgan fingerprint density at radius 2 is 2.19 bits per heavy atom. The van der Waals surface area contributed by atoms with Crippen molar-refractivity contribution in [3.8, 4) is 0 Å². The number of nitrogens with zero attached hydrogens (tertiary/aromatic N) is 2. The number of nitrogens with one attached hydrogen (secondary N) is 1. The number of imidazole rings is 1. The second-order valence-electron chi connectivity index (χ2n) is 4.70. The van der Waals surface area contributed by atoms with Crippen LogP contribution in [0.15, 0.2) is 30.6 Å². The fourth-order valence-corrected chi connectivity index (χ4v) is 2.54. The van der Waals surface area contributed by atoms with E-state index in [0.29, 0.717) is 10.0 Å². The van der Waals surface area contributed by atoms with Gasteiger partial charge in [0.25, 0.3) is 0 Å². The molecule has 0 bridgehead atoms. The van der Waals surface area contributed by atoms with Crippen LogP contribution in [0.2, 0.25) is 10.0 Å². The van der Waals surface area contributed by atoms with Gasteiger partial charge in [-0.25, -0.2) is 4.98 Å². The van der Waals surface area contributed by atoms with Gasteiger partial charge in [0.15, 0.2) is 0 Å². The van der Waals surface area contributed by atoms with E-state index in [4.69, 9.17) is 27.9 Å². The molecular formula is C15H19Cl2N3O. The lowest BCUT2D eigenvalue weighted by Crippen LogP contribution is -2.11. The molecule has 1 N–H and O–H groups in total. The van der Waals surface area contributed by atoms with Crippen LogP contribution in [0.3, 0.4) is 0 Å². The molecular weight excluding hydrogens is 309 g/mol. The normalized spacial score (nSPS) is 10.8. The van der Waals surface area contributed by atoms with Crippen LogP contribution in [-0.2, 0) is 17.7 Å². The Morgan fingerprint density at radius 1 is 1.33 bits per heavy atom. The van der Waals surface area contributed by atoms with Crippen LogP contribution in [0.1, 0.15) is 12.0 Å². The predicted molar refractivity (Wildman–Crippen MR) is 87.4 cm³/mol. The molecule has 0 spiro atoms. The molecule has 0 aliphatic heterocycles. The van der Waals surface area contributed by atoms with E-state index in [-0.39, 0.29) is 0 Å². The Morgan fingerprint density at radius 3 is 2.95 bits per heavy atom. The number of aryl methyl sites for hydroxylation is 2. The van der Waals surface area contributed by atoms with Gasteiger partial charge in [0, 0.05) is 49.2 Å². The molecule has 4 nitrogen and oxygen atoms in total. The zero-order chi connectivity index (χ0) is 15.1. The molecule has 114 valence electrons. The molecule has 0 amide bonds. The summed E-state index contributed by atoms with van der Waals surface area (Å²) in [6.45, 7) is 2.40. The first-order chi connectivity index (χ1) is 10.2. The molecule has 0 saturated heterocycles. The van der Waals surface area contributed by atoms with E-state index in [2.05, 4.69) is 14.9 Å². The van der Waals surface area contributed by atoms with E-state index in [0.717, 1.165) is 44.0 Å². The number of hydrogen-bond donors (Lipinski definition) is 1. The second kappa shape index (κ2) is 8.27. The maximum absolute atomic E-state index is 6.19. The average Bonchev–Trinajstić information content (AvgIpc) is 2.90. The van der Waals surface area contributed by atoms with Crippen LogP contribution in [0.25, 0.3) is 0 Å². The maximum Gasteiger partial charge on any atom is 0.202 e. The van der Waals surface area contributed by atoms with Gasteiger partial charge in [0.2, 0.25) is 5.95 Å². The summed E-state index contributed by atoms with van der Waals surface area (Å²) in [5.74, 6) is 0.871. The van der Waals surface area contributed by atoms with Crippen LogP contribution in [-0.4, -0.2) is 29.8 Å². The number of benzene rings is 1. The van der Waals surface area contributed by atoms with E-state index in [1.54, 1.807) is 19.4 Å². The van der Waals surface area contributed by atoms with Crippen molar-refractivity contribution >= 4 is 29.2 Å². The Bertz CT molecular complexity index is 572. The minimum Gasteiger partial charge on any atom is -0.385 e. The topological polar surface area (TPSA) is 39.1 Å². The Hall–Kier alpha value is -1.23. The SMILES string of the molecule is COCCCNc1nccn1CCc1ccc(Cl)cc1Cl. The van der Waals surface area contributed by atoms with E-state index in [9.17, 15) is 0 Å². The third-order valence-corrected chi connectivity index (χ3v) is 3.75. The molecule has 0 radical (unpaired) electrons. The molecule has 0 aliphatic carbocycles. The third kappa shape index (κ3) is 4.92. The minimum atomic E-state index is 0.659. The highest BCUT2D eigenvalue weighted by atomic mass is 35.5. The minimum absolute atomic E-state index is 0.659. The van der Waals surface area contributed by atoms with E-state index in [1.165, 1.54) is 0 Å². The third-order valence-electron chi connectivity index (χ3n) is 3.16. The molecule has 0 atom stereocenters. The van der Waals surface area contributed by atoms with Gasteiger partial charge in [0.05, 0.1) is 0 Å². The summed E-state index contributed by atoms with van der Waals surface area (Å²) in [6.07, 6.45) is 5.54. The van der Waals surface area contributed by atoms with Crippen LogP contribution in [0, 0.1) is 0 Å². The number of aromatic nitrogens is 2. The van der Waals surface area contributed by atoms with Crippen LogP contribution < -0.4 is 5.32 Å². The number of rotatable bonds is 8. The first kappa shape index (κ1) is 16.1. The van der Waals surface area contributed by atoms with Gasteiger partial charge in [-0.2, -0.15) is 0 Å². The quantitative estimate of drug-likeness (QED) is 0.748. The Labute approximate surface area is 135 Å². The summed E-state index contributed by atoms with van der Waals surface area (Å²) in [5.41, 5.74) is 1.08. The number of ether oxygens (including phenoxy) is 1. The van der Waals surface area contributed by atoms with Crippen molar-refractivity contribution in [1.29, 1.82) is 0 Å². The van der Waals surface area contributed by atoms with E-state index < -0.39 is 0 Å². The number of anilines is 1. The summed E-state index contributed by atoms with van der Waals surface area (Å²) in [6, 6.07) is 5.60. The molecule has 6 heteroatoms. The van der Waals surface area contributed by atoms with Gasteiger partial charge in [0.1, 0.15) is 0 Å². The highest BCUT2D eigenvalue weighted by molar-refractivity contribution is 6.35. The molecule has 1 aromatic carbocycles. The summed E-state index contributed by atoms with van der Waals surface area (Å²) in [5, 5.41) is 4.67. The first-order valence-corrected chi connectivity index (χ1v) is 7.64. The molecule has 2 rings (SSSR count). The smallest absolute Gasteiger partial charge is 0.202 e. The van der Waals surface area contributed by atoms with Crippen molar-refractivity contribution in [2.45, 2.75) is 19.4 Å². The van der Waals surface area contributed by atoms with Gasteiger partial charge in [-0.1, -0.05) is 29.3 Å². The lowest BCUT2D eigenvalue weighted by molar-refractivity contribution is 0.197. The molecule has 0 aliphatic rings. The van der Waals surface area contributed by atoms with Crippen molar-refractivity contribution in [1.82, 2.24) is 9.55 Å². The van der Waals surface area contributed by atoms with Gasteiger partial charge in [-0.15, -0.1) is 0 Å². The van der Waals surface area contributed by atoms with Gasteiger partial charge in [-0.3, -0.25) is 0 Å². The zero-order valence-corrected chi connectivity index (χ0v) is 13.5. The van der Waals surface area contributed by atoms with Gasteiger partial charge in [-0.05, 0) is 30.5 Å². The van der Waals surface area contributed by atoms with Gasteiger partial charge >= 0.3 is 0 Å². The molecule has 0 saturated carbocycles. The van der Waals surface area contributed by atoms with Crippen molar-refractivity contribution in [2.24, 2.45) is 0 Å². The van der Waals surface area contributed by atoms with Crippen LogP contribution >= 0.6 is 23.2 Å². The van der Waals surface area contributed by atoms with Crippen LogP contribution in [0.4, 0.5) is 5.95 Å². The average molecular weight is 328 g/mol. The fourth-order valence-electron chi connectivity index (χ4n) is 2.04. The summed E-state index contributed by atoms with van der Waals surface area (Å²) >= 11 is 12.1. The fraction of sp³-hybridized carbons (Fsp3) is 0.400. The highest BCUT2D eigenvalue weighted by Crippen LogP contribution is 2.22. The molecule has 2 aromatic rings. The van der Waals surface area contributed by atoms with E-state index in [1.807, 2.05) is 18.3 Å². The van der Waals surface area contributed by atoms with E-state index >= 15 is 0 Å². The number of hydrogen-bond acceptors (Lipinski definition) is 3. The molecule has 21 heavy (non-hydrogen) atoms. The summed E-state index contributed by atoms with van der Waals surface area (Å²) < 4.78 is 7.11. The Kier molecular flexibility index (Phi) is 6.36. The molecule has 0 unspecified atom stereocenters. The molecule has 1 aromatic heterocycles. The lowest BCUT2D eigenvalue weighted by Gasteiger charge is -2.10. The second-order valence-corrected chi connectivity index (χ2v) is 5.55. The van der Waals surface area contributed by atoms with Crippen LogP contribution in [0.5, 0.6) is 0 Å². The zero-order valence-electron chi connectivity index (χ0n) is 12.0. The first-order valence-electron chi connectivity index (χ1n) is 6.88. The van der Waals surface area contributed by atoms with Gasteiger partial charge < -0.3 is 14.6 Å². The standard InChI is InChI=1S/C15H19Cl2N3O/c1-21-10-2-6-18-15-19-7-9-20(15)8-5-12-3-4-13(16)11-14(12)17/h3-4,7,9,11H,2,5-6,8,10H2,1H3,(H,18,19). The molecule has 0 fully saturated rings. The van der Waals surface area contributed by atoms with Crippen molar-refractivity contribution in [3.05, 3.63) is 46.2 Å². The summed E-state index contributed by atoms with van der Waals surface area (Å²) in [4.78, 5) is 4.32. The predicted octanol–water partition coefficient (Wildman–Crippen LogP) is 3.88. The lowest BCUT2D eigenvalue weighted by atomic mass is 10.1. The maximum atomic E-state index is 6.19. The largest absolute Gasteiger partial charge is 0.385 e. The van der Waals surface area contributed by atoms with Crippen molar-refractivity contribution in [3.63, 3.8) is 0 Å².